The number of anilines is 1. The van der Waals surface area contributed by atoms with Crippen molar-refractivity contribution in [3.8, 4) is 0 Å². The number of hydrogen-bond donors (Lipinski definition) is 4. The van der Waals surface area contributed by atoms with Gasteiger partial charge in [-0.3, -0.25) is 4.79 Å². The standard InChI is InChI=1S/C14H20N2O3/c1-2-14(8-17,9-18)16-13(19)12-7-10-5-3-4-6-11(10)15-12/h3-6,12,15,17-18H,2,7-9H2,1H3,(H,16,19)/t12-/m0/s1. The second kappa shape index (κ2) is 5.59. The van der Waals surface area contributed by atoms with E-state index in [1.165, 1.54) is 0 Å². The van der Waals surface area contributed by atoms with Gasteiger partial charge in [0.15, 0.2) is 0 Å². The zero-order chi connectivity index (χ0) is 13.9. The van der Waals surface area contributed by atoms with Crippen molar-refractivity contribution in [2.24, 2.45) is 0 Å². The van der Waals surface area contributed by atoms with Gasteiger partial charge < -0.3 is 20.8 Å². The first-order valence-corrected chi connectivity index (χ1v) is 6.52. The molecule has 2 rings (SSSR count). The highest BCUT2D eigenvalue weighted by molar-refractivity contribution is 5.88. The molecule has 1 amide bonds. The molecule has 1 aliphatic rings. The molecule has 1 aromatic carbocycles. The number of benzene rings is 1. The first-order valence-electron chi connectivity index (χ1n) is 6.52. The van der Waals surface area contributed by atoms with Gasteiger partial charge in [0.25, 0.3) is 0 Å². The number of rotatable bonds is 5. The van der Waals surface area contributed by atoms with Crippen molar-refractivity contribution in [2.75, 3.05) is 18.5 Å². The Hall–Kier alpha value is -1.59. The van der Waals surface area contributed by atoms with Crippen LogP contribution in [0.3, 0.4) is 0 Å². The molecule has 0 aliphatic carbocycles. The quantitative estimate of drug-likeness (QED) is 0.615. The third-order valence-electron chi connectivity index (χ3n) is 3.76. The summed E-state index contributed by atoms with van der Waals surface area (Å²) in [5, 5.41) is 24.6. The van der Waals surface area contributed by atoms with E-state index in [-0.39, 0.29) is 25.2 Å². The van der Waals surface area contributed by atoms with Crippen LogP contribution < -0.4 is 10.6 Å². The molecule has 104 valence electrons. The third kappa shape index (κ3) is 2.72. The zero-order valence-corrected chi connectivity index (χ0v) is 11.0. The molecule has 0 radical (unpaired) electrons. The van der Waals surface area contributed by atoms with Crippen molar-refractivity contribution in [1.82, 2.24) is 5.32 Å². The van der Waals surface area contributed by atoms with Gasteiger partial charge in [-0.1, -0.05) is 25.1 Å². The van der Waals surface area contributed by atoms with E-state index in [9.17, 15) is 15.0 Å². The van der Waals surface area contributed by atoms with Gasteiger partial charge in [-0.05, 0) is 18.1 Å². The summed E-state index contributed by atoms with van der Waals surface area (Å²) in [6.45, 7) is 1.28. The van der Waals surface area contributed by atoms with Crippen molar-refractivity contribution >= 4 is 11.6 Å². The molecule has 19 heavy (non-hydrogen) atoms. The molecule has 0 bridgehead atoms. The lowest BCUT2D eigenvalue weighted by molar-refractivity contribution is -0.125. The smallest absolute Gasteiger partial charge is 0.243 e. The summed E-state index contributed by atoms with van der Waals surface area (Å²) in [5.74, 6) is -0.193. The second-order valence-electron chi connectivity index (χ2n) is 5.00. The Labute approximate surface area is 112 Å². The van der Waals surface area contributed by atoms with Gasteiger partial charge >= 0.3 is 0 Å². The van der Waals surface area contributed by atoms with Gasteiger partial charge in [-0.2, -0.15) is 0 Å². The van der Waals surface area contributed by atoms with Crippen LogP contribution in [-0.4, -0.2) is 40.9 Å². The lowest BCUT2D eigenvalue weighted by Crippen LogP contribution is -2.57. The van der Waals surface area contributed by atoms with Crippen molar-refractivity contribution in [3.05, 3.63) is 29.8 Å². The highest BCUT2D eigenvalue weighted by atomic mass is 16.3. The maximum Gasteiger partial charge on any atom is 0.243 e. The van der Waals surface area contributed by atoms with E-state index in [1.807, 2.05) is 31.2 Å². The first-order chi connectivity index (χ1) is 9.14. The van der Waals surface area contributed by atoms with Gasteiger partial charge in [0.2, 0.25) is 5.91 Å². The molecule has 1 aliphatic heterocycles. The molecular weight excluding hydrogens is 244 g/mol. The minimum absolute atomic E-state index is 0.193. The van der Waals surface area contributed by atoms with Crippen LogP contribution in [0.5, 0.6) is 0 Å². The average molecular weight is 264 g/mol. The van der Waals surface area contributed by atoms with Crippen molar-refractivity contribution in [1.29, 1.82) is 0 Å². The van der Waals surface area contributed by atoms with Gasteiger partial charge in [0.05, 0.1) is 18.8 Å². The zero-order valence-electron chi connectivity index (χ0n) is 11.0. The van der Waals surface area contributed by atoms with Crippen LogP contribution in [0.2, 0.25) is 0 Å². The lowest BCUT2D eigenvalue weighted by atomic mass is 9.97. The number of aliphatic hydroxyl groups excluding tert-OH is 2. The number of hydrogen-bond acceptors (Lipinski definition) is 4. The van der Waals surface area contributed by atoms with Crippen LogP contribution in [0.1, 0.15) is 18.9 Å². The summed E-state index contributed by atoms with van der Waals surface area (Å²) < 4.78 is 0. The Morgan fingerprint density at radius 2 is 2.11 bits per heavy atom. The molecule has 1 atom stereocenters. The van der Waals surface area contributed by atoms with Crippen LogP contribution in [0, 0.1) is 0 Å². The number of nitrogens with one attached hydrogen (secondary N) is 2. The SMILES string of the molecule is CCC(CO)(CO)NC(=O)[C@@H]1Cc2ccccc2N1. The average Bonchev–Trinajstić information content (AvgIpc) is 2.89. The van der Waals surface area contributed by atoms with E-state index in [1.54, 1.807) is 0 Å². The fraction of sp³-hybridized carbons (Fsp3) is 0.500. The van der Waals surface area contributed by atoms with E-state index in [0.717, 1.165) is 11.3 Å². The summed E-state index contributed by atoms with van der Waals surface area (Å²) in [6, 6.07) is 7.44. The van der Waals surface area contributed by atoms with E-state index >= 15 is 0 Å². The molecule has 0 saturated heterocycles. The minimum Gasteiger partial charge on any atom is -0.394 e. The molecule has 1 heterocycles. The van der Waals surface area contributed by atoms with E-state index in [0.29, 0.717) is 12.8 Å². The normalized spacial score (nSPS) is 17.7. The number of carbonyl (C=O) groups is 1. The van der Waals surface area contributed by atoms with Crippen LogP contribution in [0.4, 0.5) is 5.69 Å². The molecule has 0 aromatic heterocycles. The van der Waals surface area contributed by atoms with Crippen LogP contribution in [-0.2, 0) is 11.2 Å². The molecule has 0 fully saturated rings. The Morgan fingerprint density at radius 1 is 1.42 bits per heavy atom. The highest BCUT2D eigenvalue weighted by Crippen LogP contribution is 2.25. The maximum absolute atomic E-state index is 12.2. The van der Waals surface area contributed by atoms with E-state index in [2.05, 4.69) is 10.6 Å². The van der Waals surface area contributed by atoms with Crippen molar-refractivity contribution in [3.63, 3.8) is 0 Å². The summed E-state index contributed by atoms with van der Waals surface area (Å²) >= 11 is 0. The molecule has 5 nitrogen and oxygen atoms in total. The number of para-hydroxylation sites is 1. The number of aliphatic hydroxyl groups is 2. The van der Waals surface area contributed by atoms with Gasteiger partial charge in [-0.25, -0.2) is 0 Å². The van der Waals surface area contributed by atoms with Crippen LogP contribution in [0.25, 0.3) is 0 Å². The fourth-order valence-corrected chi connectivity index (χ4v) is 2.25. The van der Waals surface area contributed by atoms with E-state index in [4.69, 9.17) is 0 Å². The Kier molecular flexibility index (Phi) is 4.07. The Morgan fingerprint density at radius 3 is 2.68 bits per heavy atom. The summed E-state index contributed by atoms with van der Waals surface area (Å²) in [7, 11) is 0. The predicted molar refractivity (Wildman–Crippen MR) is 72.9 cm³/mol. The molecule has 0 saturated carbocycles. The van der Waals surface area contributed by atoms with Gasteiger partial charge in [0, 0.05) is 12.1 Å². The summed E-state index contributed by atoms with van der Waals surface area (Å²) in [4.78, 5) is 12.2. The fourth-order valence-electron chi connectivity index (χ4n) is 2.25. The van der Waals surface area contributed by atoms with Crippen LogP contribution >= 0.6 is 0 Å². The van der Waals surface area contributed by atoms with Gasteiger partial charge in [0.1, 0.15) is 6.04 Å². The van der Waals surface area contributed by atoms with Crippen molar-refractivity contribution in [2.45, 2.75) is 31.3 Å². The third-order valence-corrected chi connectivity index (χ3v) is 3.76. The highest BCUT2D eigenvalue weighted by Gasteiger charge is 2.33. The van der Waals surface area contributed by atoms with Gasteiger partial charge in [-0.15, -0.1) is 0 Å². The maximum atomic E-state index is 12.2. The topological polar surface area (TPSA) is 81.6 Å². The second-order valence-corrected chi connectivity index (χ2v) is 5.00. The Bertz CT molecular complexity index is 424. The monoisotopic (exact) mass is 264 g/mol. The predicted octanol–water partition coefficient (Wildman–Crippen LogP) is 0.273. The van der Waals surface area contributed by atoms with Crippen molar-refractivity contribution < 1.29 is 15.0 Å². The molecule has 5 heteroatoms. The Balaban J connectivity index is 2.03. The molecule has 1 aromatic rings. The minimum atomic E-state index is -0.937. The molecular formula is C14H20N2O3. The summed E-state index contributed by atoms with van der Waals surface area (Å²) in [5.41, 5.74) is 1.14. The molecule has 0 unspecified atom stereocenters. The number of amides is 1. The molecule has 0 spiro atoms. The lowest BCUT2D eigenvalue weighted by Gasteiger charge is -2.31. The van der Waals surface area contributed by atoms with Crippen LogP contribution in [0.15, 0.2) is 24.3 Å². The van der Waals surface area contributed by atoms with E-state index < -0.39 is 5.54 Å². The largest absolute Gasteiger partial charge is 0.394 e. The number of carbonyl (C=O) groups excluding carboxylic acids is 1. The molecule has 4 N–H and O–H groups in total. The summed E-state index contributed by atoms with van der Waals surface area (Å²) in [6.07, 6.45) is 1.10. The number of fused-ring (bicyclic) bond motifs is 1. The first kappa shape index (κ1) is 13.8.